The zero-order valence-electron chi connectivity index (χ0n) is 13.3. The van der Waals surface area contributed by atoms with E-state index in [1.54, 1.807) is 0 Å². The highest BCUT2D eigenvalue weighted by atomic mass is 16.5. The summed E-state index contributed by atoms with van der Waals surface area (Å²) in [5.41, 5.74) is 0.175. The van der Waals surface area contributed by atoms with Gasteiger partial charge in [-0.05, 0) is 33.1 Å². The summed E-state index contributed by atoms with van der Waals surface area (Å²) in [6.07, 6.45) is 1.17. The first-order chi connectivity index (χ1) is 8.23. The molecule has 0 aromatic carbocycles. The van der Waals surface area contributed by atoms with Crippen LogP contribution < -0.4 is 5.32 Å². The number of rotatable bonds is 5. The molecule has 108 valence electrons. The lowest BCUT2D eigenvalue weighted by molar-refractivity contribution is -0.0425. The van der Waals surface area contributed by atoms with Gasteiger partial charge in [0.25, 0.3) is 0 Å². The summed E-state index contributed by atoms with van der Waals surface area (Å²) in [5, 5.41) is 3.73. The van der Waals surface area contributed by atoms with Crippen molar-refractivity contribution in [2.75, 3.05) is 26.7 Å². The van der Waals surface area contributed by atoms with Gasteiger partial charge < -0.3 is 10.1 Å². The number of ether oxygens (including phenoxy) is 1. The van der Waals surface area contributed by atoms with Crippen LogP contribution in [0.3, 0.4) is 0 Å². The van der Waals surface area contributed by atoms with E-state index in [9.17, 15) is 0 Å². The van der Waals surface area contributed by atoms with Crippen LogP contribution in [0.5, 0.6) is 0 Å². The minimum absolute atomic E-state index is 0.0703. The number of nitrogens with zero attached hydrogens (tertiary/aromatic N) is 1. The summed E-state index contributed by atoms with van der Waals surface area (Å²) >= 11 is 0. The number of piperazine rings is 1. The third-order valence-corrected chi connectivity index (χ3v) is 4.45. The number of methoxy groups -OCH3 is 1. The van der Waals surface area contributed by atoms with Crippen LogP contribution in [0.1, 0.15) is 48.0 Å². The maximum atomic E-state index is 5.61. The number of hydrogen-bond acceptors (Lipinski definition) is 3. The molecule has 1 aliphatic rings. The molecule has 3 nitrogen and oxygen atoms in total. The van der Waals surface area contributed by atoms with Gasteiger partial charge >= 0.3 is 0 Å². The second-order valence-corrected chi connectivity index (χ2v) is 6.98. The first-order valence-corrected chi connectivity index (χ1v) is 7.27. The normalized spacial score (nSPS) is 31.0. The molecule has 0 amide bonds. The van der Waals surface area contributed by atoms with Crippen molar-refractivity contribution in [3.05, 3.63) is 0 Å². The van der Waals surface area contributed by atoms with Crippen LogP contribution in [0.25, 0.3) is 0 Å². The van der Waals surface area contributed by atoms with E-state index >= 15 is 0 Å². The zero-order chi connectivity index (χ0) is 14.0. The van der Waals surface area contributed by atoms with Crippen molar-refractivity contribution in [3.63, 3.8) is 0 Å². The molecule has 2 atom stereocenters. The maximum absolute atomic E-state index is 5.61. The Kier molecular flexibility index (Phi) is 5.22. The molecule has 0 aromatic rings. The predicted octanol–water partition coefficient (Wildman–Crippen LogP) is 2.51. The van der Waals surface area contributed by atoms with Gasteiger partial charge in [0.1, 0.15) is 0 Å². The molecule has 0 radical (unpaired) electrons. The van der Waals surface area contributed by atoms with Crippen molar-refractivity contribution in [1.29, 1.82) is 0 Å². The molecular weight excluding hydrogens is 224 g/mol. The van der Waals surface area contributed by atoms with Gasteiger partial charge in [-0.3, -0.25) is 4.90 Å². The molecule has 0 aromatic heterocycles. The largest absolute Gasteiger partial charge is 0.377 e. The van der Waals surface area contributed by atoms with Crippen molar-refractivity contribution in [2.45, 2.75) is 65.1 Å². The summed E-state index contributed by atoms with van der Waals surface area (Å²) in [7, 11) is 1.81. The lowest BCUT2D eigenvalue weighted by atomic mass is 9.89. The minimum Gasteiger partial charge on any atom is -0.377 e. The second kappa shape index (κ2) is 5.89. The number of hydrogen-bond donors (Lipinski definition) is 1. The molecule has 1 rings (SSSR count). The van der Waals surface area contributed by atoms with E-state index < -0.39 is 0 Å². The van der Waals surface area contributed by atoms with E-state index in [0.29, 0.717) is 12.0 Å². The lowest BCUT2D eigenvalue weighted by Crippen LogP contribution is -2.65. The van der Waals surface area contributed by atoms with Gasteiger partial charge in [0.05, 0.1) is 5.60 Å². The first-order valence-electron chi connectivity index (χ1n) is 7.27. The Labute approximate surface area is 113 Å². The third kappa shape index (κ3) is 3.94. The molecule has 0 spiro atoms. The Balaban J connectivity index is 2.79. The monoisotopic (exact) mass is 256 g/mol. The molecule has 1 aliphatic heterocycles. The predicted molar refractivity (Wildman–Crippen MR) is 78.0 cm³/mol. The smallest absolute Gasteiger partial charge is 0.0749 e. The molecule has 3 heteroatoms. The van der Waals surface area contributed by atoms with E-state index in [0.717, 1.165) is 19.6 Å². The maximum Gasteiger partial charge on any atom is 0.0749 e. The van der Waals surface area contributed by atoms with Crippen LogP contribution in [0.4, 0.5) is 0 Å². The van der Waals surface area contributed by atoms with Gasteiger partial charge in [-0.2, -0.15) is 0 Å². The SMILES string of the molecule is CCC1(C)CN(CC(C)(C)OC)C(C(C)C)CN1. The fourth-order valence-corrected chi connectivity index (χ4v) is 2.72. The average Bonchev–Trinajstić information content (AvgIpc) is 2.28. The zero-order valence-corrected chi connectivity index (χ0v) is 13.3. The molecule has 0 aliphatic carbocycles. The highest BCUT2D eigenvalue weighted by Crippen LogP contribution is 2.25. The summed E-state index contributed by atoms with van der Waals surface area (Å²) in [5.74, 6) is 0.673. The molecule has 1 saturated heterocycles. The second-order valence-electron chi connectivity index (χ2n) is 6.98. The minimum atomic E-state index is -0.0703. The van der Waals surface area contributed by atoms with Gasteiger partial charge in [0.15, 0.2) is 0 Å². The van der Waals surface area contributed by atoms with Crippen molar-refractivity contribution >= 4 is 0 Å². The fraction of sp³-hybridized carbons (Fsp3) is 1.00. The highest BCUT2D eigenvalue weighted by Gasteiger charge is 2.37. The number of nitrogens with one attached hydrogen (secondary N) is 1. The van der Waals surface area contributed by atoms with E-state index in [2.05, 4.69) is 51.8 Å². The van der Waals surface area contributed by atoms with E-state index in [-0.39, 0.29) is 11.1 Å². The van der Waals surface area contributed by atoms with Gasteiger partial charge in [0.2, 0.25) is 0 Å². The Morgan fingerprint density at radius 2 is 2.06 bits per heavy atom. The van der Waals surface area contributed by atoms with Crippen LogP contribution in [-0.2, 0) is 4.74 Å². The molecule has 18 heavy (non-hydrogen) atoms. The average molecular weight is 256 g/mol. The van der Waals surface area contributed by atoms with Crippen molar-refractivity contribution in [3.8, 4) is 0 Å². The van der Waals surface area contributed by atoms with Gasteiger partial charge in [0, 0.05) is 38.3 Å². The summed E-state index contributed by atoms with van der Waals surface area (Å²) < 4.78 is 5.61. The summed E-state index contributed by atoms with van der Waals surface area (Å²) in [6.45, 7) is 16.8. The lowest BCUT2D eigenvalue weighted by Gasteiger charge is -2.49. The molecule has 2 unspecified atom stereocenters. The topological polar surface area (TPSA) is 24.5 Å². The van der Waals surface area contributed by atoms with Crippen molar-refractivity contribution in [1.82, 2.24) is 10.2 Å². The van der Waals surface area contributed by atoms with Crippen LogP contribution in [0, 0.1) is 5.92 Å². The summed E-state index contributed by atoms with van der Waals surface area (Å²) in [6, 6.07) is 0.610. The van der Waals surface area contributed by atoms with Crippen molar-refractivity contribution < 1.29 is 4.74 Å². The van der Waals surface area contributed by atoms with E-state index in [4.69, 9.17) is 4.74 Å². The molecular formula is C15H32N2O. The Hall–Kier alpha value is -0.120. The van der Waals surface area contributed by atoms with E-state index in [1.165, 1.54) is 6.42 Å². The molecule has 1 N–H and O–H groups in total. The van der Waals surface area contributed by atoms with Gasteiger partial charge in [-0.1, -0.05) is 20.8 Å². The first kappa shape index (κ1) is 15.9. The van der Waals surface area contributed by atoms with Gasteiger partial charge in [-0.25, -0.2) is 0 Å². The molecule has 1 heterocycles. The standard InChI is InChI=1S/C15H32N2O/c1-8-15(6)11-17(10-14(4,5)18-7)13(9-16-15)12(2)3/h12-13,16H,8-11H2,1-7H3. The molecule has 1 fully saturated rings. The third-order valence-electron chi connectivity index (χ3n) is 4.45. The molecule has 0 saturated carbocycles. The van der Waals surface area contributed by atoms with Crippen LogP contribution in [-0.4, -0.2) is 48.8 Å². The Bertz CT molecular complexity index is 263. The fourth-order valence-electron chi connectivity index (χ4n) is 2.72. The van der Waals surface area contributed by atoms with Crippen LogP contribution in [0.2, 0.25) is 0 Å². The highest BCUT2D eigenvalue weighted by molar-refractivity contribution is 4.96. The van der Waals surface area contributed by atoms with Crippen LogP contribution >= 0.6 is 0 Å². The van der Waals surface area contributed by atoms with E-state index in [1.807, 2.05) is 7.11 Å². The Morgan fingerprint density at radius 1 is 1.44 bits per heavy atom. The quantitative estimate of drug-likeness (QED) is 0.818. The van der Waals surface area contributed by atoms with Crippen LogP contribution in [0.15, 0.2) is 0 Å². The summed E-state index contributed by atoms with van der Waals surface area (Å²) in [4.78, 5) is 2.62. The Morgan fingerprint density at radius 3 is 2.50 bits per heavy atom. The van der Waals surface area contributed by atoms with Crippen molar-refractivity contribution in [2.24, 2.45) is 5.92 Å². The molecule has 0 bridgehead atoms. The van der Waals surface area contributed by atoms with Gasteiger partial charge in [-0.15, -0.1) is 0 Å².